The molecule has 5 nitrogen and oxygen atoms in total. The summed E-state index contributed by atoms with van der Waals surface area (Å²) in [7, 11) is 0. The molecule has 0 aliphatic rings. The van der Waals surface area contributed by atoms with E-state index in [1.165, 1.54) is 12.3 Å². The van der Waals surface area contributed by atoms with E-state index in [2.05, 4.69) is 4.98 Å². The highest BCUT2D eigenvalue weighted by Crippen LogP contribution is 2.35. The second-order valence-electron chi connectivity index (χ2n) is 8.78. The van der Waals surface area contributed by atoms with Gasteiger partial charge in [0.25, 0.3) is 0 Å². The summed E-state index contributed by atoms with van der Waals surface area (Å²) < 4.78 is 6.28. The lowest BCUT2D eigenvalue weighted by atomic mass is 9.91. The molecule has 5 heteroatoms. The number of aromatic amines is 1. The third kappa shape index (κ3) is 5.38. The summed E-state index contributed by atoms with van der Waals surface area (Å²) in [6.07, 6.45) is 0.165. The van der Waals surface area contributed by atoms with Crippen LogP contribution in [-0.2, 0) is 6.61 Å². The zero-order valence-corrected chi connectivity index (χ0v) is 20.1. The van der Waals surface area contributed by atoms with Gasteiger partial charge < -0.3 is 19.9 Å². The van der Waals surface area contributed by atoms with Gasteiger partial charge in [-0.2, -0.15) is 0 Å². The quantitative estimate of drug-likeness (QED) is 0.258. The number of rotatable bonds is 8. The summed E-state index contributed by atoms with van der Waals surface area (Å²) in [5.41, 5.74) is 5.33. The molecule has 0 aliphatic heterocycles. The van der Waals surface area contributed by atoms with Gasteiger partial charge in [-0.25, -0.2) is 0 Å². The molecular weight excluding hydrogens is 462 g/mol. The second-order valence-corrected chi connectivity index (χ2v) is 8.78. The zero-order valence-electron chi connectivity index (χ0n) is 20.1. The Morgan fingerprint density at radius 3 is 2.08 bits per heavy atom. The first kappa shape index (κ1) is 24.3. The van der Waals surface area contributed by atoms with E-state index in [0.717, 1.165) is 33.4 Å². The van der Waals surface area contributed by atoms with Gasteiger partial charge in [0.05, 0.1) is 6.61 Å². The summed E-state index contributed by atoms with van der Waals surface area (Å²) in [5.74, 6) is 0.163. The highest BCUT2D eigenvalue weighted by molar-refractivity contribution is 5.69. The van der Waals surface area contributed by atoms with Gasteiger partial charge in [-0.1, -0.05) is 103 Å². The molecule has 0 aliphatic carbocycles. The lowest BCUT2D eigenvalue weighted by Crippen LogP contribution is -2.15. The second kappa shape index (κ2) is 11.1. The SMILES string of the molecule is O=c1cc(CO)[nH]cc1OC(c1ccccc1)c1cccc(-c2ccccc2C(O)c2ccccc2)c1. The molecule has 0 radical (unpaired) electrons. The van der Waals surface area contributed by atoms with E-state index in [0.29, 0.717) is 5.69 Å². The van der Waals surface area contributed by atoms with E-state index in [1.54, 1.807) is 0 Å². The van der Waals surface area contributed by atoms with Crippen molar-refractivity contribution in [1.29, 1.82) is 0 Å². The fourth-order valence-corrected chi connectivity index (χ4v) is 4.45. The average Bonchev–Trinajstić information content (AvgIpc) is 2.97. The average molecular weight is 490 g/mol. The lowest BCUT2D eigenvalue weighted by molar-refractivity contribution is 0.221. The van der Waals surface area contributed by atoms with Crippen LogP contribution in [0.4, 0.5) is 0 Å². The number of benzene rings is 4. The Morgan fingerprint density at radius 1 is 0.730 bits per heavy atom. The van der Waals surface area contributed by atoms with E-state index < -0.39 is 12.2 Å². The van der Waals surface area contributed by atoms with Crippen LogP contribution in [0.25, 0.3) is 11.1 Å². The Hall–Kier alpha value is -4.45. The number of hydrogen-bond donors (Lipinski definition) is 3. The summed E-state index contributed by atoms with van der Waals surface area (Å²) in [6, 6.07) is 36.4. The largest absolute Gasteiger partial charge is 0.475 e. The molecule has 0 saturated heterocycles. The standard InChI is InChI=1S/C32H27NO4/c34-21-26-19-29(35)30(20-33-26)37-32(23-12-5-2-6-13-23)25-15-9-14-24(18-25)27-16-7-8-17-28(27)31(36)22-10-3-1-4-11-22/h1-20,31-32,34,36H,21H2,(H,33,35). The van der Waals surface area contributed by atoms with Crippen molar-refractivity contribution in [3.05, 3.63) is 160 Å². The van der Waals surface area contributed by atoms with E-state index >= 15 is 0 Å². The normalized spacial score (nSPS) is 12.6. The van der Waals surface area contributed by atoms with Crippen LogP contribution in [0, 0.1) is 0 Å². The van der Waals surface area contributed by atoms with Crippen LogP contribution in [0.5, 0.6) is 5.75 Å². The highest BCUT2D eigenvalue weighted by Gasteiger charge is 2.20. The highest BCUT2D eigenvalue weighted by atomic mass is 16.5. The summed E-state index contributed by atoms with van der Waals surface area (Å²) >= 11 is 0. The van der Waals surface area contributed by atoms with Crippen LogP contribution in [0.1, 0.15) is 40.2 Å². The first-order valence-corrected chi connectivity index (χ1v) is 12.1. The van der Waals surface area contributed by atoms with Gasteiger partial charge in [0.2, 0.25) is 5.43 Å². The van der Waals surface area contributed by atoms with Gasteiger partial charge in [0.15, 0.2) is 5.75 Å². The molecule has 2 atom stereocenters. The van der Waals surface area contributed by atoms with E-state index in [4.69, 9.17) is 4.74 Å². The molecule has 1 heterocycles. The molecule has 184 valence electrons. The summed E-state index contributed by atoms with van der Waals surface area (Å²) in [4.78, 5) is 15.6. The van der Waals surface area contributed by atoms with Crippen LogP contribution >= 0.6 is 0 Å². The lowest BCUT2D eigenvalue weighted by Gasteiger charge is -2.21. The Balaban J connectivity index is 1.56. The molecule has 5 aromatic rings. The number of pyridine rings is 1. The number of ether oxygens (including phenoxy) is 1. The van der Waals surface area contributed by atoms with Gasteiger partial charge in [-0.15, -0.1) is 0 Å². The van der Waals surface area contributed by atoms with Crippen LogP contribution in [0.3, 0.4) is 0 Å². The third-order valence-electron chi connectivity index (χ3n) is 6.33. The summed E-state index contributed by atoms with van der Waals surface area (Å²) in [6.45, 7) is -0.256. The number of aliphatic hydroxyl groups is 2. The molecule has 0 fully saturated rings. The van der Waals surface area contributed by atoms with Crippen molar-refractivity contribution in [3.8, 4) is 16.9 Å². The van der Waals surface area contributed by atoms with Crippen molar-refractivity contribution in [3.63, 3.8) is 0 Å². The molecule has 0 bridgehead atoms. The van der Waals surface area contributed by atoms with Crippen molar-refractivity contribution in [1.82, 2.24) is 4.98 Å². The van der Waals surface area contributed by atoms with Gasteiger partial charge in [0, 0.05) is 18.0 Å². The number of hydrogen-bond acceptors (Lipinski definition) is 4. The maximum atomic E-state index is 12.7. The predicted octanol–water partition coefficient (Wildman–Crippen LogP) is 5.78. The van der Waals surface area contributed by atoms with Crippen LogP contribution in [0.15, 0.2) is 126 Å². The molecule has 37 heavy (non-hydrogen) atoms. The van der Waals surface area contributed by atoms with Crippen molar-refractivity contribution >= 4 is 0 Å². The number of aliphatic hydroxyl groups excluding tert-OH is 2. The van der Waals surface area contributed by atoms with Gasteiger partial charge >= 0.3 is 0 Å². The topological polar surface area (TPSA) is 82.5 Å². The fraction of sp³-hybridized carbons (Fsp3) is 0.0938. The molecule has 5 rings (SSSR count). The van der Waals surface area contributed by atoms with Crippen molar-refractivity contribution < 1.29 is 14.9 Å². The van der Waals surface area contributed by atoms with E-state index in [1.807, 2.05) is 109 Å². The maximum Gasteiger partial charge on any atom is 0.223 e. The first-order valence-electron chi connectivity index (χ1n) is 12.1. The van der Waals surface area contributed by atoms with Crippen molar-refractivity contribution in [2.24, 2.45) is 0 Å². The minimum atomic E-state index is -0.772. The minimum absolute atomic E-state index is 0.163. The molecule has 4 aromatic carbocycles. The molecule has 2 unspecified atom stereocenters. The number of aromatic nitrogens is 1. The van der Waals surface area contributed by atoms with Gasteiger partial charge in [0.1, 0.15) is 12.2 Å². The van der Waals surface area contributed by atoms with Crippen molar-refractivity contribution in [2.75, 3.05) is 0 Å². The molecule has 0 saturated carbocycles. The fourth-order valence-electron chi connectivity index (χ4n) is 4.45. The Kier molecular flexibility index (Phi) is 7.26. The van der Waals surface area contributed by atoms with Gasteiger partial charge in [-0.05, 0) is 39.4 Å². The van der Waals surface area contributed by atoms with E-state index in [-0.39, 0.29) is 17.8 Å². The third-order valence-corrected chi connectivity index (χ3v) is 6.33. The van der Waals surface area contributed by atoms with E-state index in [9.17, 15) is 15.0 Å². The molecule has 1 aromatic heterocycles. The van der Waals surface area contributed by atoms with Crippen molar-refractivity contribution in [2.45, 2.75) is 18.8 Å². The predicted molar refractivity (Wildman–Crippen MR) is 144 cm³/mol. The first-order chi connectivity index (χ1) is 18.1. The monoisotopic (exact) mass is 489 g/mol. The summed E-state index contributed by atoms with van der Waals surface area (Å²) in [5, 5.41) is 20.5. The minimum Gasteiger partial charge on any atom is -0.475 e. The Labute approximate surface area is 215 Å². The number of nitrogens with one attached hydrogen (secondary N) is 1. The van der Waals surface area contributed by atoms with Crippen LogP contribution in [-0.4, -0.2) is 15.2 Å². The van der Waals surface area contributed by atoms with Crippen LogP contribution in [0.2, 0.25) is 0 Å². The maximum absolute atomic E-state index is 12.7. The zero-order chi connectivity index (χ0) is 25.6. The Morgan fingerprint density at radius 2 is 1.38 bits per heavy atom. The molecular formula is C32H27NO4. The smallest absolute Gasteiger partial charge is 0.223 e. The van der Waals surface area contributed by atoms with Gasteiger partial charge in [-0.3, -0.25) is 4.79 Å². The van der Waals surface area contributed by atoms with Crippen LogP contribution < -0.4 is 10.2 Å². The molecule has 0 spiro atoms. The molecule has 3 N–H and O–H groups in total. The number of H-pyrrole nitrogens is 1. The Bertz CT molecular complexity index is 1530. The molecule has 0 amide bonds.